The van der Waals surface area contributed by atoms with Crippen LogP contribution in [0.1, 0.15) is 10.4 Å². The van der Waals surface area contributed by atoms with E-state index in [-0.39, 0.29) is 24.1 Å². The monoisotopic (exact) mass is 604 g/mol. The molecule has 0 atom stereocenters. The topological polar surface area (TPSA) is 50.0 Å². The van der Waals surface area contributed by atoms with E-state index in [1.165, 1.54) is 33.4 Å². The first-order valence-electron chi connectivity index (χ1n) is 10.5. The number of carboxylic acids is 1. The Morgan fingerprint density at radius 1 is 0.611 bits per heavy atom. The second kappa shape index (κ2) is 11.3. The molecular formula is C27H17F4IN2O2. The summed E-state index contributed by atoms with van der Waals surface area (Å²) in [5.74, 6) is -4.34. The molecule has 0 N–H and O–H groups in total. The highest BCUT2D eigenvalue weighted by atomic mass is 127. The predicted octanol–water partition coefficient (Wildman–Crippen LogP) is 2.00. The molecule has 0 aliphatic heterocycles. The van der Waals surface area contributed by atoms with Crippen LogP contribution in [0.3, 0.4) is 0 Å². The molecule has 0 aliphatic carbocycles. The maximum Gasteiger partial charge on any atom is 0.371 e. The van der Waals surface area contributed by atoms with Gasteiger partial charge in [0.2, 0.25) is 11.6 Å². The Hall–Kier alpha value is -3.86. The van der Waals surface area contributed by atoms with Crippen molar-refractivity contribution in [3.63, 3.8) is 0 Å². The summed E-state index contributed by atoms with van der Waals surface area (Å²) in [7, 11) is 0. The minimum Gasteiger partial charge on any atom is -0.545 e. The molecule has 0 amide bonds. The first kappa shape index (κ1) is 25.2. The molecule has 4 nitrogen and oxygen atoms in total. The van der Waals surface area contributed by atoms with Crippen molar-refractivity contribution in [3.8, 4) is 11.4 Å². The van der Waals surface area contributed by atoms with Crippen LogP contribution in [0.5, 0.6) is 0 Å². The Bertz CT molecular complexity index is 1380. The number of aromatic nitrogens is 2. The fourth-order valence-electron chi connectivity index (χ4n) is 3.26. The van der Waals surface area contributed by atoms with Gasteiger partial charge in [-0.25, -0.2) is 8.78 Å². The first-order chi connectivity index (χ1) is 17.4. The third-order valence-corrected chi connectivity index (χ3v) is 8.05. The van der Waals surface area contributed by atoms with Gasteiger partial charge in [0.15, 0.2) is 11.6 Å². The molecule has 0 saturated heterocycles. The van der Waals surface area contributed by atoms with Crippen molar-refractivity contribution < 1.29 is 48.7 Å². The number of carboxylic acid groups (broad SMARTS) is 1. The third kappa shape index (κ3) is 5.51. The molecule has 0 bridgehead atoms. The lowest BCUT2D eigenvalue weighted by Crippen LogP contribution is -3.62. The number of hydrogen-bond donors (Lipinski definition) is 0. The van der Waals surface area contributed by atoms with Gasteiger partial charge >= 0.3 is 21.2 Å². The van der Waals surface area contributed by atoms with Gasteiger partial charge in [0.05, 0.1) is 17.3 Å². The fourth-order valence-corrected chi connectivity index (χ4v) is 5.70. The lowest BCUT2D eigenvalue weighted by Gasteiger charge is -2.06. The van der Waals surface area contributed by atoms with Gasteiger partial charge in [-0.1, -0.05) is 30.3 Å². The number of carbonyl (C=O) groups excluding carboxylic acids is 1. The van der Waals surface area contributed by atoms with Crippen molar-refractivity contribution in [1.29, 1.82) is 0 Å². The summed E-state index contributed by atoms with van der Waals surface area (Å²) in [6, 6.07) is 19.7. The van der Waals surface area contributed by atoms with Crippen molar-refractivity contribution in [3.05, 3.63) is 140 Å². The molecular weight excluding hydrogens is 587 g/mol. The molecule has 9 heteroatoms. The number of aromatic carboxylic acids is 1. The van der Waals surface area contributed by atoms with Crippen molar-refractivity contribution in [2.75, 3.05) is 0 Å². The predicted molar refractivity (Wildman–Crippen MR) is 120 cm³/mol. The van der Waals surface area contributed by atoms with E-state index in [0.717, 1.165) is 12.1 Å². The van der Waals surface area contributed by atoms with E-state index in [2.05, 4.69) is 0 Å². The summed E-state index contributed by atoms with van der Waals surface area (Å²) in [6.07, 6.45) is 6.47. The van der Waals surface area contributed by atoms with Crippen molar-refractivity contribution >= 4 is 5.97 Å². The molecule has 0 fully saturated rings. The van der Waals surface area contributed by atoms with Crippen LogP contribution in [-0.4, -0.2) is 15.1 Å². The lowest BCUT2D eigenvalue weighted by molar-refractivity contribution is -0.609. The Labute approximate surface area is 214 Å². The van der Waals surface area contributed by atoms with Gasteiger partial charge < -0.3 is 19.0 Å². The summed E-state index contributed by atoms with van der Waals surface area (Å²) in [5, 5.41) is 10.1. The van der Waals surface area contributed by atoms with E-state index in [1.807, 2.05) is 0 Å². The summed E-state index contributed by atoms with van der Waals surface area (Å²) in [6.45, 7) is 0. The molecule has 182 valence electrons. The van der Waals surface area contributed by atoms with Crippen LogP contribution >= 0.6 is 0 Å². The Morgan fingerprint density at radius 3 is 1.39 bits per heavy atom. The van der Waals surface area contributed by atoms with E-state index in [1.54, 1.807) is 67.3 Å². The van der Waals surface area contributed by atoms with Crippen LogP contribution in [0.4, 0.5) is 17.6 Å². The molecule has 2 aromatic heterocycles. The zero-order valence-electron chi connectivity index (χ0n) is 18.4. The van der Waals surface area contributed by atoms with Gasteiger partial charge in [0.25, 0.3) is 7.14 Å². The highest BCUT2D eigenvalue weighted by Crippen LogP contribution is 2.17. The largest absolute Gasteiger partial charge is 0.545 e. The maximum absolute atomic E-state index is 14.9. The van der Waals surface area contributed by atoms with Gasteiger partial charge in [-0.2, -0.15) is 8.78 Å². The average Bonchev–Trinajstić information content (AvgIpc) is 3.60. The molecule has 36 heavy (non-hydrogen) atoms. The standard InChI is InChI=1S/C20H12F4IN2.C7H6O2/c21-13-5-7-15(26-9-1-2-10-26)17(23)19(13)25-20-14(22)6-8-16(18(20)24)27-11-3-4-12-27;8-7(9)6-4-2-1-3-5-6/h1-12H;1-5H,(H,8,9)/q+1;/p-1. The van der Waals surface area contributed by atoms with Crippen molar-refractivity contribution in [2.45, 2.75) is 0 Å². The van der Waals surface area contributed by atoms with Crippen LogP contribution in [-0.2, 0) is 0 Å². The van der Waals surface area contributed by atoms with Gasteiger partial charge in [-0.3, -0.25) is 0 Å². The van der Waals surface area contributed by atoms with E-state index in [9.17, 15) is 27.5 Å². The quantitative estimate of drug-likeness (QED) is 0.175. The summed E-state index contributed by atoms with van der Waals surface area (Å²) < 4.78 is 60.9. The molecule has 5 aromatic rings. The van der Waals surface area contributed by atoms with Crippen molar-refractivity contribution in [1.82, 2.24) is 9.13 Å². The van der Waals surface area contributed by atoms with Crippen LogP contribution in [0.2, 0.25) is 0 Å². The number of hydrogen-bond acceptors (Lipinski definition) is 2. The summed E-state index contributed by atoms with van der Waals surface area (Å²) >= 11 is -1.77. The SMILES string of the molecule is Fc1ccc(-n2cccc2)c(F)c1[I+]c1c(F)ccc(-n2cccc2)c1F.O=C([O-])c1ccccc1. The Balaban J connectivity index is 0.000000286. The minimum absolute atomic E-state index is 0.137. The highest BCUT2D eigenvalue weighted by molar-refractivity contribution is 5.85. The molecule has 0 aliphatic rings. The molecule has 3 aromatic carbocycles. The van der Waals surface area contributed by atoms with Crippen molar-refractivity contribution in [2.24, 2.45) is 0 Å². The molecule has 2 heterocycles. The number of benzene rings is 3. The van der Waals surface area contributed by atoms with Gasteiger partial charge in [-0.15, -0.1) is 0 Å². The zero-order valence-corrected chi connectivity index (χ0v) is 20.6. The second-order valence-electron chi connectivity index (χ2n) is 7.32. The number of rotatable bonds is 5. The number of carbonyl (C=O) groups is 1. The number of halogens is 5. The normalized spacial score (nSPS) is 10.6. The summed E-state index contributed by atoms with van der Waals surface area (Å²) in [5.41, 5.74) is 0.495. The Morgan fingerprint density at radius 2 is 1.03 bits per heavy atom. The van der Waals surface area contributed by atoms with Gasteiger partial charge in [-0.05, 0) is 54.1 Å². The maximum atomic E-state index is 14.9. The van der Waals surface area contributed by atoms with E-state index in [4.69, 9.17) is 0 Å². The Kier molecular flexibility index (Phi) is 7.89. The van der Waals surface area contributed by atoms with Gasteiger partial charge in [0, 0.05) is 24.8 Å². The van der Waals surface area contributed by atoms with Crippen LogP contribution in [0.15, 0.2) is 104 Å². The molecule has 0 unspecified atom stereocenters. The number of nitrogens with zero attached hydrogens (tertiary/aromatic N) is 2. The minimum atomic E-state index is -1.77. The van der Waals surface area contributed by atoms with E-state index < -0.39 is 50.4 Å². The van der Waals surface area contributed by atoms with Crippen LogP contribution in [0, 0.1) is 30.4 Å². The van der Waals surface area contributed by atoms with Gasteiger partial charge in [0.1, 0.15) is 0 Å². The first-order valence-corrected chi connectivity index (χ1v) is 12.7. The van der Waals surface area contributed by atoms with Crippen LogP contribution in [0.25, 0.3) is 11.4 Å². The zero-order chi connectivity index (χ0) is 25.7. The lowest BCUT2D eigenvalue weighted by atomic mass is 10.2. The molecule has 0 spiro atoms. The van der Waals surface area contributed by atoms with E-state index >= 15 is 0 Å². The smallest absolute Gasteiger partial charge is 0.371 e. The second-order valence-corrected chi connectivity index (χ2v) is 10.0. The fraction of sp³-hybridized carbons (Fsp3) is 0. The molecule has 0 radical (unpaired) electrons. The van der Waals surface area contributed by atoms with Crippen LogP contribution < -0.4 is 26.3 Å². The highest BCUT2D eigenvalue weighted by Gasteiger charge is 2.35. The molecule has 0 saturated carbocycles. The third-order valence-electron chi connectivity index (χ3n) is 4.99. The average molecular weight is 604 g/mol. The van der Waals surface area contributed by atoms with E-state index in [0.29, 0.717) is 0 Å². The molecule has 5 rings (SSSR count). The summed E-state index contributed by atoms with van der Waals surface area (Å²) in [4.78, 5) is 10.1.